The van der Waals surface area contributed by atoms with Gasteiger partial charge in [0.15, 0.2) is 0 Å². The highest BCUT2D eigenvalue weighted by Crippen LogP contribution is 2.29. The van der Waals surface area contributed by atoms with Crippen LogP contribution in [0.2, 0.25) is 0 Å². The van der Waals surface area contributed by atoms with E-state index in [0.29, 0.717) is 19.4 Å². The standard InChI is InChI=1S/C39H66N6O8/c1-12-25(4)34(44(8)38(49)29(23-40)42-37(48)33(24(2)3)43(6)7)31(51-9)22-32(46)45-20-16-19-30(45)35(52-10)26(5)36(47)41-28(39(50)53-11)21-27-17-14-13-15-18-27/h13-15,17-18,24-26,28-31,33-35H,12,16,19-23,40H2,1-11H3,(H,41,47)(H,42,48)/t25-,26+,28-,29-,30-,31+,33?,34-,35+/m0/s1. The lowest BCUT2D eigenvalue weighted by atomic mass is 9.90. The minimum atomic E-state index is -0.960. The number of likely N-dealkylation sites (tertiary alicyclic amines) is 1. The van der Waals surface area contributed by atoms with E-state index in [2.05, 4.69) is 10.6 Å². The van der Waals surface area contributed by atoms with E-state index in [-0.39, 0.29) is 54.9 Å². The van der Waals surface area contributed by atoms with Gasteiger partial charge < -0.3 is 40.4 Å². The zero-order chi connectivity index (χ0) is 40.0. The maximum absolute atomic E-state index is 14.1. The van der Waals surface area contributed by atoms with E-state index in [1.165, 1.54) is 21.3 Å². The van der Waals surface area contributed by atoms with Crippen molar-refractivity contribution in [2.45, 2.75) is 109 Å². The third kappa shape index (κ3) is 12.2. The van der Waals surface area contributed by atoms with Crippen LogP contribution in [0.5, 0.6) is 0 Å². The summed E-state index contributed by atoms with van der Waals surface area (Å²) in [6.45, 7) is 10.0. The van der Waals surface area contributed by atoms with Gasteiger partial charge in [0.1, 0.15) is 12.1 Å². The fourth-order valence-corrected chi connectivity index (χ4v) is 7.65. The highest BCUT2D eigenvalue weighted by atomic mass is 16.5. The number of esters is 1. The van der Waals surface area contributed by atoms with Gasteiger partial charge in [-0.1, -0.05) is 71.4 Å². The zero-order valence-corrected chi connectivity index (χ0v) is 33.8. The molecule has 1 heterocycles. The Kier molecular flexibility index (Phi) is 18.9. The number of ether oxygens (including phenoxy) is 3. The van der Waals surface area contributed by atoms with Crippen molar-refractivity contribution in [1.29, 1.82) is 0 Å². The van der Waals surface area contributed by atoms with E-state index in [9.17, 15) is 24.0 Å². The molecule has 4 N–H and O–H groups in total. The summed E-state index contributed by atoms with van der Waals surface area (Å²) in [6.07, 6.45) is 0.958. The van der Waals surface area contributed by atoms with E-state index in [1.54, 1.807) is 23.8 Å². The molecule has 1 aromatic carbocycles. The van der Waals surface area contributed by atoms with Gasteiger partial charge in [-0.05, 0) is 44.3 Å². The molecule has 1 unspecified atom stereocenters. The number of hydrogen-bond acceptors (Lipinski definition) is 10. The van der Waals surface area contributed by atoms with Gasteiger partial charge in [-0.15, -0.1) is 0 Å². The Labute approximate surface area is 316 Å². The Bertz CT molecular complexity index is 1320. The van der Waals surface area contributed by atoms with Crippen LogP contribution < -0.4 is 16.4 Å². The highest BCUT2D eigenvalue weighted by Gasteiger charge is 2.43. The van der Waals surface area contributed by atoms with Crippen molar-refractivity contribution < 1.29 is 38.2 Å². The normalized spacial score (nSPS) is 19.1. The Morgan fingerprint density at radius 3 is 2.06 bits per heavy atom. The fraction of sp³-hybridized carbons (Fsp3) is 0.718. The summed E-state index contributed by atoms with van der Waals surface area (Å²) in [5.41, 5.74) is 6.92. The summed E-state index contributed by atoms with van der Waals surface area (Å²) in [4.78, 5) is 72.7. The third-order valence-electron chi connectivity index (χ3n) is 10.7. The first-order valence-corrected chi connectivity index (χ1v) is 18.8. The van der Waals surface area contributed by atoms with Crippen LogP contribution in [-0.2, 0) is 44.6 Å². The zero-order valence-electron chi connectivity index (χ0n) is 33.8. The SMILES string of the molecule is CC[C@H](C)[C@@H]([C@@H](CC(=O)N1CCC[C@H]1[C@H](OC)[C@@H](C)C(=O)N[C@@H](Cc1ccccc1)C(=O)OC)OC)N(C)C(=O)[C@H](CN)NC(=O)C(C(C)C)N(C)C. The molecule has 1 aromatic rings. The number of amides is 4. The molecule has 0 saturated carbocycles. The lowest BCUT2D eigenvalue weighted by molar-refractivity contribution is -0.148. The molecule has 300 valence electrons. The largest absolute Gasteiger partial charge is 0.467 e. The lowest BCUT2D eigenvalue weighted by Gasteiger charge is -2.40. The van der Waals surface area contributed by atoms with Crippen LogP contribution in [0.3, 0.4) is 0 Å². The fourth-order valence-electron chi connectivity index (χ4n) is 7.65. The maximum atomic E-state index is 14.1. The van der Waals surface area contributed by atoms with E-state index < -0.39 is 54.3 Å². The summed E-state index contributed by atoms with van der Waals surface area (Å²) in [5.74, 6) is -2.54. The summed E-state index contributed by atoms with van der Waals surface area (Å²) < 4.78 is 16.8. The molecule has 2 rings (SSSR count). The number of carbonyl (C=O) groups is 5. The quantitative estimate of drug-likeness (QED) is 0.158. The first-order valence-electron chi connectivity index (χ1n) is 18.8. The molecular weight excluding hydrogens is 680 g/mol. The molecule has 1 aliphatic rings. The topological polar surface area (TPSA) is 173 Å². The molecule has 14 nitrogen and oxygen atoms in total. The van der Waals surface area contributed by atoms with Gasteiger partial charge in [0.25, 0.3) is 0 Å². The first-order chi connectivity index (χ1) is 25.1. The summed E-state index contributed by atoms with van der Waals surface area (Å²) in [6, 6.07) is 6.14. The molecule has 0 bridgehead atoms. The van der Waals surface area contributed by atoms with Gasteiger partial charge in [0.05, 0.1) is 49.8 Å². The molecule has 14 heteroatoms. The minimum Gasteiger partial charge on any atom is -0.467 e. The predicted octanol–water partition coefficient (Wildman–Crippen LogP) is 1.84. The van der Waals surface area contributed by atoms with Crippen molar-refractivity contribution in [3.8, 4) is 0 Å². The van der Waals surface area contributed by atoms with Crippen LogP contribution in [0.25, 0.3) is 0 Å². The highest BCUT2D eigenvalue weighted by molar-refractivity contribution is 5.90. The molecule has 53 heavy (non-hydrogen) atoms. The van der Waals surface area contributed by atoms with Crippen LogP contribution in [0.4, 0.5) is 0 Å². The molecule has 1 fully saturated rings. The summed E-state index contributed by atoms with van der Waals surface area (Å²) in [5, 5.41) is 5.70. The minimum absolute atomic E-state index is 0.00825. The number of likely N-dealkylation sites (N-methyl/N-ethyl adjacent to an activating group) is 2. The number of nitrogens with one attached hydrogen (secondary N) is 2. The Hall–Kier alpha value is -3.59. The maximum Gasteiger partial charge on any atom is 0.328 e. The van der Waals surface area contributed by atoms with Gasteiger partial charge in [-0.3, -0.25) is 24.1 Å². The van der Waals surface area contributed by atoms with E-state index >= 15 is 0 Å². The van der Waals surface area contributed by atoms with E-state index in [4.69, 9.17) is 19.9 Å². The Morgan fingerprint density at radius 1 is 0.925 bits per heavy atom. The predicted molar refractivity (Wildman–Crippen MR) is 204 cm³/mol. The molecule has 0 aliphatic carbocycles. The average molecular weight is 747 g/mol. The molecule has 4 amide bonds. The first kappa shape index (κ1) is 45.6. The van der Waals surface area contributed by atoms with Crippen molar-refractivity contribution in [2.75, 3.05) is 55.6 Å². The second-order valence-corrected chi connectivity index (χ2v) is 14.8. The van der Waals surface area contributed by atoms with Crippen molar-refractivity contribution in [1.82, 2.24) is 25.3 Å². The smallest absolute Gasteiger partial charge is 0.328 e. The molecular formula is C39H66N6O8. The van der Waals surface area contributed by atoms with E-state index in [0.717, 1.165) is 12.0 Å². The van der Waals surface area contributed by atoms with E-state index in [1.807, 2.05) is 77.0 Å². The summed E-state index contributed by atoms with van der Waals surface area (Å²) >= 11 is 0. The van der Waals surface area contributed by atoms with Gasteiger partial charge in [-0.25, -0.2) is 4.79 Å². The molecule has 9 atom stereocenters. The number of nitrogens with zero attached hydrogens (tertiary/aromatic N) is 3. The van der Waals surface area contributed by atoms with Crippen LogP contribution >= 0.6 is 0 Å². The third-order valence-corrected chi connectivity index (χ3v) is 10.7. The number of rotatable bonds is 21. The number of methoxy groups -OCH3 is 3. The van der Waals surface area contributed by atoms with Gasteiger partial charge in [-0.2, -0.15) is 0 Å². The summed E-state index contributed by atoms with van der Waals surface area (Å²) in [7, 11) is 9.62. The van der Waals surface area contributed by atoms with Crippen LogP contribution in [-0.4, -0.2) is 142 Å². The Morgan fingerprint density at radius 2 is 1.55 bits per heavy atom. The molecule has 0 aromatic heterocycles. The number of hydrogen-bond donors (Lipinski definition) is 3. The van der Waals surface area contributed by atoms with Gasteiger partial charge in [0.2, 0.25) is 23.6 Å². The second-order valence-electron chi connectivity index (χ2n) is 14.8. The number of nitrogens with two attached hydrogens (primary N) is 1. The average Bonchev–Trinajstić information content (AvgIpc) is 3.62. The van der Waals surface area contributed by atoms with Crippen LogP contribution in [0.1, 0.15) is 65.9 Å². The van der Waals surface area contributed by atoms with Gasteiger partial charge >= 0.3 is 5.97 Å². The van der Waals surface area contributed by atoms with Crippen molar-refractivity contribution in [3.63, 3.8) is 0 Å². The lowest BCUT2D eigenvalue weighted by Crippen LogP contribution is -2.60. The van der Waals surface area contributed by atoms with Crippen molar-refractivity contribution >= 4 is 29.6 Å². The van der Waals surface area contributed by atoms with Crippen LogP contribution in [0.15, 0.2) is 30.3 Å². The molecule has 0 spiro atoms. The molecule has 1 aliphatic heterocycles. The second kappa shape index (κ2) is 21.9. The Balaban J connectivity index is 2.25. The molecule has 1 saturated heterocycles. The monoisotopic (exact) mass is 746 g/mol. The van der Waals surface area contributed by atoms with Crippen molar-refractivity contribution in [3.05, 3.63) is 35.9 Å². The number of carbonyl (C=O) groups excluding carboxylic acids is 5. The van der Waals surface area contributed by atoms with Crippen molar-refractivity contribution in [2.24, 2.45) is 23.5 Å². The number of benzene rings is 1. The molecule has 0 radical (unpaired) electrons. The van der Waals surface area contributed by atoms with Gasteiger partial charge in [0, 0.05) is 40.8 Å². The van der Waals surface area contributed by atoms with Crippen LogP contribution in [0, 0.1) is 17.8 Å².